The molecule has 35 heavy (non-hydrogen) atoms. The number of hydrogen-bond donors (Lipinski definition) is 2. The number of aromatic nitrogens is 1. The number of benzene rings is 2. The number of carbonyl (C=O) groups is 2. The van der Waals surface area contributed by atoms with E-state index in [0.717, 1.165) is 11.1 Å². The molecule has 9 heteroatoms. The van der Waals surface area contributed by atoms with Gasteiger partial charge in [0, 0.05) is 6.07 Å². The third-order valence-electron chi connectivity index (χ3n) is 4.51. The maximum Gasteiger partial charge on any atom is 0.426 e. The Morgan fingerprint density at radius 2 is 1.46 bits per heavy atom. The molecular weight excluding hydrogens is 470 g/mol. The molecule has 184 valence electrons. The number of amides is 2. The summed E-state index contributed by atoms with van der Waals surface area (Å²) in [7, 11) is 0. The Hall–Kier alpha value is -3.78. The standard InChI is InChI=1S/C26H28ClN3O5/c1-26(2,3)35-25(32)30-29-24(31)20-14-22(33-16-18-10-6-4-7-11-18)23(21(15-27)28-20)34-17-19-12-8-5-9-13-19/h4-14H,15-17H2,1-3H3,(H,29,31)(H,30,32). The van der Waals surface area contributed by atoms with Crippen LogP contribution in [-0.2, 0) is 23.8 Å². The Morgan fingerprint density at radius 3 is 2.00 bits per heavy atom. The van der Waals surface area contributed by atoms with Crippen LogP contribution in [0.15, 0.2) is 66.7 Å². The van der Waals surface area contributed by atoms with Crippen molar-refractivity contribution in [1.29, 1.82) is 0 Å². The van der Waals surface area contributed by atoms with Gasteiger partial charge in [-0.1, -0.05) is 60.7 Å². The monoisotopic (exact) mass is 497 g/mol. The Kier molecular flexibility index (Phi) is 8.92. The number of ether oxygens (including phenoxy) is 3. The molecule has 2 N–H and O–H groups in total. The molecule has 1 heterocycles. The number of nitrogens with zero attached hydrogens (tertiary/aromatic N) is 1. The van der Waals surface area contributed by atoms with Gasteiger partial charge in [0.05, 0.1) is 5.88 Å². The van der Waals surface area contributed by atoms with Gasteiger partial charge in [0.2, 0.25) is 0 Å². The number of nitrogens with one attached hydrogen (secondary N) is 2. The molecular formula is C26H28ClN3O5. The third-order valence-corrected chi connectivity index (χ3v) is 4.76. The minimum atomic E-state index is -0.799. The van der Waals surface area contributed by atoms with E-state index >= 15 is 0 Å². The molecule has 0 saturated heterocycles. The number of carbonyl (C=O) groups excluding carboxylic acids is 2. The molecule has 3 aromatic rings. The summed E-state index contributed by atoms with van der Waals surface area (Å²) in [5.41, 5.74) is 5.98. The van der Waals surface area contributed by atoms with E-state index in [-0.39, 0.29) is 24.8 Å². The Morgan fingerprint density at radius 1 is 0.886 bits per heavy atom. The summed E-state index contributed by atoms with van der Waals surface area (Å²) >= 11 is 6.16. The molecule has 0 radical (unpaired) electrons. The molecule has 0 aliphatic heterocycles. The van der Waals surface area contributed by atoms with E-state index in [9.17, 15) is 9.59 Å². The van der Waals surface area contributed by atoms with Crippen molar-refractivity contribution in [3.8, 4) is 11.5 Å². The highest BCUT2D eigenvalue weighted by Gasteiger charge is 2.21. The summed E-state index contributed by atoms with van der Waals surface area (Å²) in [6.45, 7) is 5.65. The topological polar surface area (TPSA) is 98.8 Å². The predicted octanol–water partition coefficient (Wildman–Crippen LogP) is 5.15. The van der Waals surface area contributed by atoms with E-state index in [2.05, 4.69) is 15.8 Å². The second-order valence-corrected chi connectivity index (χ2v) is 8.81. The van der Waals surface area contributed by atoms with Crippen molar-refractivity contribution in [1.82, 2.24) is 15.8 Å². The fourth-order valence-corrected chi connectivity index (χ4v) is 3.15. The van der Waals surface area contributed by atoms with E-state index in [1.54, 1.807) is 20.8 Å². The number of rotatable bonds is 8. The van der Waals surface area contributed by atoms with Crippen molar-refractivity contribution in [2.45, 2.75) is 45.5 Å². The van der Waals surface area contributed by atoms with Gasteiger partial charge in [-0.05, 0) is 31.9 Å². The van der Waals surface area contributed by atoms with Gasteiger partial charge in [-0.2, -0.15) is 0 Å². The van der Waals surface area contributed by atoms with E-state index in [1.165, 1.54) is 6.07 Å². The van der Waals surface area contributed by atoms with Crippen LogP contribution >= 0.6 is 11.6 Å². The van der Waals surface area contributed by atoms with Crippen molar-refractivity contribution >= 4 is 23.6 Å². The molecule has 0 atom stereocenters. The minimum absolute atomic E-state index is 0.00756. The predicted molar refractivity (Wildman–Crippen MR) is 132 cm³/mol. The number of alkyl halides is 1. The van der Waals surface area contributed by atoms with Crippen molar-refractivity contribution in [3.05, 3.63) is 89.2 Å². The summed E-state index contributed by atoms with van der Waals surface area (Å²) in [5.74, 6) is -0.0393. The summed E-state index contributed by atoms with van der Waals surface area (Å²) in [6.07, 6.45) is -0.799. The Labute approximate surface area is 209 Å². The first-order chi connectivity index (χ1) is 16.7. The van der Waals surface area contributed by atoms with Gasteiger partial charge in [0.25, 0.3) is 5.91 Å². The molecule has 0 aliphatic rings. The highest BCUT2D eigenvalue weighted by molar-refractivity contribution is 6.17. The lowest BCUT2D eigenvalue weighted by Gasteiger charge is -2.20. The summed E-state index contributed by atoms with van der Waals surface area (Å²) < 4.78 is 17.2. The first-order valence-corrected chi connectivity index (χ1v) is 11.5. The van der Waals surface area contributed by atoms with Crippen molar-refractivity contribution < 1.29 is 23.8 Å². The Balaban J connectivity index is 1.83. The van der Waals surface area contributed by atoms with Crippen LogP contribution in [0.5, 0.6) is 11.5 Å². The quantitative estimate of drug-likeness (QED) is 0.330. The molecule has 8 nitrogen and oxygen atoms in total. The molecule has 0 saturated carbocycles. The summed E-state index contributed by atoms with van der Waals surface area (Å²) in [6, 6.07) is 20.6. The molecule has 0 aliphatic carbocycles. The van der Waals surface area contributed by atoms with E-state index in [4.69, 9.17) is 25.8 Å². The number of hydrogen-bond acceptors (Lipinski definition) is 6. The molecule has 0 bridgehead atoms. The average molecular weight is 498 g/mol. The largest absolute Gasteiger partial charge is 0.485 e. The molecule has 2 aromatic carbocycles. The summed E-state index contributed by atoms with van der Waals surface area (Å²) in [4.78, 5) is 28.9. The molecule has 0 fully saturated rings. The van der Waals surface area contributed by atoms with Gasteiger partial charge in [-0.25, -0.2) is 15.2 Å². The lowest BCUT2D eigenvalue weighted by molar-refractivity contribution is 0.0483. The molecule has 1 aromatic heterocycles. The number of pyridine rings is 1. The Bertz CT molecular complexity index is 1130. The molecule has 2 amide bonds. The lowest BCUT2D eigenvalue weighted by Crippen LogP contribution is -2.44. The zero-order valence-corrected chi connectivity index (χ0v) is 20.6. The van der Waals surface area contributed by atoms with Crippen LogP contribution in [0, 0.1) is 0 Å². The van der Waals surface area contributed by atoms with E-state index in [1.807, 2.05) is 60.7 Å². The van der Waals surface area contributed by atoms with Gasteiger partial charge < -0.3 is 14.2 Å². The lowest BCUT2D eigenvalue weighted by atomic mass is 10.2. The van der Waals surface area contributed by atoms with Crippen LogP contribution < -0.4 is 20.3 Å². The third kappa shape index (κ3) is 8.19. The van der Waals surface area contributed by atoms with Gasteiger partial charge in [-0.3, -0.25) is 10.2 Å². The second-order valence-electron chi connectivity index (χ2n) is 8.54. The van der Waals surface area contributed by atoms with Gasteiger partial charge in [0.1, 0.15) is 30.2 Å². The second kappa shape index (κ2) is 12.1. The maximum absolute atomic E-state index is 12.7. The number of hydrazine groups is 1. The zero-order valence-electron chi connectivity index (χ0n) is 19.8. The number of halogens is 1. The highest BCUT2D eigenvalue weighted by Crippen LogP contribution is 2.33. The van der Waals surface area contributed by atoms with Crippen LogP contribution in [0.2, 0.25) is 0 Å². The minimum Gasteiger partial charge on any atom is -0.485 e. The fraction of sp³-hybridized carbons (Fsp3) is 0.269. The van der Waals surface area contributed by atoms with Crippen molar-refractivity contribution in [3.63, 3.8) is 0 Å². The maximum atomic E-state index is 12.7. The van der Waals surface area contributed by atoms with Crippen LogP contribution in [0.4, 0.5) is 4.79 Å². The molecule has 0 unspecified atom stereocenters. The first kappa shape index (κ1) is 25.8. The first-order valence-electron chi connectivity index (χ1n) is 11.0. The normalized spacial score (nSPS) is 10.9. The van der Waals surface area contributed by atoms with E-state index in [0.29, 0.717) is 17.2 Å². The van der Waals surface area contributed by atoms with Gasteiger partial charge in [0.15, 0.2) is 11.5 Å². The highest BCUT2D eigenvalue weighted by atomic mass is 35.5. The van der Waals surface area contributed by atoms with Gasteiger partial charge >= 0.3 is 6.09 Å². The van der Waals surface area contributed by atoms with Crippen LogP contribution in [0.1, 0.15) is 48.1 Å². The van der Waals surface area contributed by atoms with Crippen LogP contribution in [0.25, 0.3) is 0 Å². The fourth-order valence-electron chi connectivity index (χ4n) is 2.97. The zero-order chi connectivity index (χ0) is 25.3. The smallest absolute Gasteiger partial charge is 0.426 e. The molecule has 3 rings (SSSR count). The summed E-state index contributed by atoms with van der Waals surface area (Å²) in [5, 5.41) is 0. The van der Waals surface area contributed by atoms with Gasteiger partial charge in [-0.15, -0.1) is 11.6 Å². The van der Waals surface area contributed by atoms with Crippen LogP contribution in [0.3, 0.4) is 0 Å². The van der Waals surface area contributed by atoms with E-state index < -0.39 is 17.6 Å². The van der Waals surface area contributed by atoms with Crippen molar-refractivity contribution in [2.24, 2.45) is 0 Å². The van der Waals surface area contributed by atoms with Crippen LogP contribution in [-0.4, -0.2) is 22.6 Å². The molecule has 0 spiro atoms. The van der Waals surface area contributed by atoms with Crippen molar-refractivity contribution in [2.75, 3.05) is 0 Å². The average Bonchev–Trinajstić information content (AvgIpc) is 2.84. The SMILES string of the molecule is CC(C)(C)OC(=O)NNC(=O)c1cc(OCc2ccccc2)c(OCc2ccccc2)c(CCl)n1.